The second-order valence-corrected chi connectivity index (χ2v) is 9.64. The van der Waals surface area contributed by atoms with Gasteiger partial charge in [-0.05, 0) is 30.4 Å². The van der Waals surface area contributed by atoms with Crippen molar-refractivity contribution in [1.82, 2.24) is 9.36 Å². The number of carbonyl (C=O) groups is 2. The summed E-state index contributed by atoms with van der Waals surface area (Å²) in [5.41, 5.74) is 2.14. The van der Waals surface area contributed by atoms with Crippen molar-refractivity contribution in [2.45, 2.75) is 53.4 Å². The molecule has 3 aromatic rings. The molecule has 168 valence electrons. The second kappa shape index (κ2) is 7.65. The zero-order chi connectivity index (χ0) is 23.4. The molecule has 0 bridgehead atoms. The van der Waals surface area contributed by atoms with Crippen LogP contribution in [-0.2, 0) is 13.5 Å². The standard InChI is InChI=1S/C25H29N3O4/c1-14(2)21-20(24(31)28(27(21)6)16-10-8-7-9-11-16)26-23(30)22-15(3)19-17(29)12-25(4,5)13-18(19)32-22/h7-11,14H,12-13H2,1-6H3,(H,26,30). The minimum atomic E-state index is -0.521. The van der Waals surface area contributed by atoms with Gasteiger partial charge in [0.1, 0.15) is 11.4 Å². The highest BCUT2D eigenvalue weighted by Gasteiger charge is 2.37. The van der Waals surface area contributed by atoms with Crippen LogP contribution < -0.4 is 10.9 Å². The third-order valence-electron chi connectivity index (χ3n) is 6.08. The average molecular weight is 436 g/mol. The Bertz CT molecular complexity index is 1270. The maximum atomic E-state index is 13.3. The van der Waals surface area contributed by atoms with Gasteiger partial charge in [0.25, 0.3) is 11.5 Å². The quantitative estimate of drug-likeness (QED) is 0.648. The monoisotopic (exact) mass is 435 g/mol. The van der Waals surface area contributed by atoms with E-state index < -0.39 is 5.91 Å². The molecule has 1 aromatic carbocycles. The molecule has 1 aliphatic rings. The number of benzene rings is 1. The van der Waals surface area contributed by atoms with Crippen molar-refractivity contribution in [2.75, 3.05) is 5.32 Å². The van der Waals surface area contributed by atoms with E-state index in [9.17, 15) is 14.4 Å². The number of rotatable bonds is 4. The van der Waals surface area contributed by atoms with Gasteiger partial charge in [0, 0.05) is 25.5 Å². The summed E-state index contributed by atoms with van der Waals surface area (Å²) >= 11 is 0. The lowest BCUT2D eigenvalue weighted by atomic mass is 9.76. The van der Waals surface area contributed by atoms with Crippen molar-refractivity contribution < 1.29 is 14.0 Å². The van der Waals surface area contributed by atoms with Crippen LogP contribution in [0, 0.1) is 12.3 Å². The highest BCUT2D eigenvalue weighted by Crippen LogP contribution is 2.38. The number of nitrogens with one attached hydrogen (secondary N) is 1. The van der Waals surface area contributed by atoms with Crippen molar-refractivity contribution in [3.8, 4) is 5.69 Å². The molecule has 0 aliphatic heterocycles. The molecular formula is C25H29N3O4. The number of fused-ring (bicyclic) bond motifs is 1. The zero-order valence-electron chi connectivity index (χ0n) is 19.4. The molecule has 0 spiro atoms. The summed E-state index contributed by atoms with van der Waals surface area (Å²) in [7, 11) is 1.80. The number of hydrogen-bond donors (Lipinski definition) is 1. The molecule has 4 rings (SSSR count). The Morgan fingerprint density at radius 3 is 2.41 bits per heavy atom. The molecule has 2 heterocycles. The number of para-hydroxylation sites is 1. The largest absolute Gasteiger partial charge is 0.455 e. The van der Waals surface area contributed by atoms with Gasteiger partial charge in [-0.25, -0.2) is 4.68 Å². The molecule has 1 aliphatic carbocycles. The number of nitrogens with zero attached hydrogens (tertiary/aromatic N) is 2. The Morgan fingerprint density at radius 2 is 1.78 bits per heavy atom. The minimum Gasteiger partial charge on any atom is -0.455 e. The van der Waals surface area contributed by atoms with Crippen LogP contribution >= 0.6 is 0 Å². The van der Waals surface area contributed by atoms with Crippen molar-refractivity contribution >= 4 is 17.4 Å². The smallest absolute Gasteiger partial charge is 0.295 e. The molecule has 0 saturated carbocycles. The first-order valence-electron chi connectivity index (χ1n) is 10.9. The first-order valence-corrected chi connectivity index (χ1v) is 10.9. The van der Waals surface area contributed by atoms with E-state index in [-0.39, 0.29) is 34.1 Å². The predicted octanol–water partition coefficient (Wildman–Crippen LogP) is 4.61. The molecule has 1 amide bonds. The Hall–Kier alpha value is -3.35. The van der Waals surface area contributed by atoms with Gasteiger partial charge in [-0.2, -0.15) is 0 Å². The SMILES string of the molecule is Cc1c(C(=O)Nc2c(C(C)C)n(C)n(-c3ccccc3)c2=O)oc2c1C(=O)CC(C)(C)C2. The van der Waals surface area contributed by atoms with Gasteiger partial charge in [0.2, 0.25) is 0 Å². The number of furan rings is 1. The van der Waals surface area contributed by atoms with E-state index in [1.54, 1.807) is 18.7 Å². The van der Waals surface area contributed by atoms with Crippen LogP contribution in [0.1, 0.15) is 78.0 Å². The van der Waals surface area contributed by atoms with E-state index in [4.69, 9.17) is 4.42 Å². The third kappa shape index (κ3) is 3.51. The number of aromatic nitrogens is 2. The van der Waals surface area contributed by atoms with Crippen LogP contribution in [0.2, 0.25) is 0 Å². The Kier molecular flexibility index (Phi) is 5.23. The van der Waals surface area contributed by atoms with Gasteiger partial charge in [-0.3, -0.25) is 19.1 Å². The number of anilines is 1. The van der Waals surface area contributed by atoms with Crippen molar-refractivity contribution in [3.63, 3.8) is 0 Å². The van der Waals surface area contributed by atoms with Crippen LogP contribution in [0.25, 0.3) is 5.69 Å². The lowest BCUT2D eigenvalue weighted by Crippen LogP contribution is -2.26. The van der Waals surface area contributed by atoms with E-state index in [0.717, 1.165) is 0 Å². The molecule has 0 atom stereocenters. The van der Waals surface area contributed by atoms with Gasteiger partial charge in [-0.15, -0.1) is 0 Å². The fourth-order valence-corrected chi connectivity index (χ4v) is 4.73. The fourth-order valence-electron chi connectivity index (χ4n) is 4.73. The third-order valence-corrected chi connectivity index (χ3v) is 6.08. The molecular weight excluding hydrogens is 406 g/mol. The van der Waals surface area contributed by atoms with Crippen LogP contribution in [0.4, 0.5) is 5.69 Å². The summed E-state index contributed by atoms with van der Waals surface area (Å²) < 4.78 is 9.20. The lowest BCUT2D eigenvalue weighted by molar-refractivity contribution is 0.0898. The van der Waals surface area contributed by atoms with Gasteiger partial charge in [0.15, 0.2) is 11.5 Å². The number of ketones is 1. The molecule has 7 nitrogen and oxygen atoms in total. The summed E-state index contributed by atoms with van der Waals surface area (Å²) in [4.78, 5) is 39.2. The first kappa shape index (κ1) is 21.9. The van der Waals surface area contributed by atoms with E-state index >= 15 is 0 Å². The molecule has 0 radical (unpaired) electrons. The average Bonchev–Trinajstić information content (AvgIpc) is 3.15. The predicted molar refractivity (Wildman–Crippen MR) is 123 cm³/mol. The van der Waals surface area contributed by atoms with Gasteiger partial charge in [-0.1, -0.05) is 45.9 Å². The Morgan fingerprint density at radius 1 is 1.12 bits per heavy atom. The maximum absolute atomic E-state index is 13.3. The molecule has 2 aromatic heterocycles. The summed E-state index contributed by atoms with van der Waals surface area (Å²) in [5.74, 6) is 0.0946. The van der Waals surface area contributed by atoms with Crippen LogP contribution in [0.15, 0.2) is 39.5 Å². The Labute approximate surface area is 187 Å². The summed E-state index contributed by atoms with van der Waals surface area (Å²) in [6.07, 6.45) is 1.00. The van der Waals surface area contributed by atoms with Crippen molar-refractivity contribution in [3.05, 3.63) is 69.0 Å². The van der Waals surface area contributed by atoms with Crippen molar-refractivity contribution in [1.29, 1.82) is 0 Å². The number of hydrogen-bond acceptors (Lipinski definition) is 4. The van der Waals surface area contributed by atoms with Crippen LogP contribution in [0.5, 0.6) is 0 Å². The van der Waals surface area contributed by atoms with E-state index in [0.29, 0.717) is 41.1 Å². The molecule has 7 heteroatoms. The summed E-state index contributed by atoms with van der Waals surface area (Å²) in [5, 5.41) is 2.79. The topological polar surface area (TPSA) is 86.2 Å². The highest BCUT2D eigenvalue weighted by molar-refractivity contribution is 6.08. The molecule has 32 heavy (non-hydrogen) atoms. The fraction of sp³-hybridized carbons (Fsp3) is 0.400. The first-order chi connectivity index (χ1) is 15.0. The molecule has 0 saturated heterocycles. The number of Topliss-reactive ketones (excluding diaryl/α,β-unsaturated/α-hetero) is 1. The number of carbonyl (C=O) groups excluding carboxylic acids is 2. The van der Waals surface area contributed by atoms with Gasteiger partial charge < -0.3 is 9.73 Å². The van der Waals surface area contributed by atoms with Crippen LogP contribution in [-0.4, -0.2) is 21.1 Å². The molecule has 0 fully saturated rings. The van der Waals surface area contributed by atoms with Gasteiger partial charge >= 0.3 is 0 Å². The number of amides is 1. The van der Waals surface area contributed by atoms with E-state index in [1.165, 1.54) is 4.68 Å². The van der Waals surface area contributed by atoms with E-state index in [1.807, 2.05) is 58.0 Å². The normalized spacial score (nSPS) is 15.2. The second-order valence-electron chi connectivity index (χ2n) is 9.64. The zero-order valence-corrected chi connectivity index (χ0v) is 19.4. The maximum Gasteiger partial charge on any atom is 0.295 e. The summed E-state index contributed by atoms with van der Waals surface area (Å²) in [6.45, 7) is 9.69. The van der Waals surface area contributed by atoms with E-state index in [2.05, 4.69) is 5.32 Å². The van der Waals surface area contributed by atoms with Crippen molar-refractivity contribution in [2.24, 2.45) is 12.5 Å². The molecule has 1 N–H and O–H groups in total. The van der Waals surface area contributed by atoms with Gasteiger partial charge in [0.05, 0.1) is 16.9 Å². The minimum absolute atomic E-state index is 0.00874. The molecule has 0 unspecified atom stereocenters. The summed E-state index contributed by atoms with van der Waals surface area (Å²) in [6, 6.07) is 9.28. The highest BCUT2D eigenvalue weighted by atomic mass is 16.4. The Balaban J connectivity index is 1.77. The van der Waals surface area contributed by atoms with Crippen LogP contribution in [0.3, 0.4) is 0 Å². The lowest BCUT2D eigenvalue weighted by Gasteiger charge is -2.27.